The van der Waals surface area contributed by atoms with Crippen molar-refractivity contribution in [3.63, 3.8) is 0 Å². The van der Waals surface area contributed by atoms with Crippen molar-refractivity contribution >= 4 is 0 Å². The zero-order valence-corrected chi connectivity index (χ0v) is 19.5. The number of fused-ring (bicyclic) bond motifs is 3. The minimum atomic E-state index is 0.445. The molecule has 5 rings (SSSR count). The predicted molar refractivity (Wildman–Crippen MR) is 131 cm³/mol. The van der Waals surface area contributed by atoms with Crippen LogP contribution in [0.4, 0.5) is 0 Å². The fourth-order valence-electron chi connectivity index (χ4n) is 5.23. The zero-order valence-electron chi connectivity index (χ0n) is 19.5. The first-order valence-electron chi connectivity index (χ1n) is 11.9. The maximum absolute atomic E-state index is 3.63. The molecule has 0 fully saturated rings. The van der Waals surface area contributed by atoms with Gasteiger partial charge in [-0.15, -0.1) is 0 Å². The van der Waals surface area contributed by atoms with Gasteiger partial charge in [-0.25, -0.2) is 0 Å². The molecule has 0 atom stereocenters. The lowest BCUT2D eigenvalue weighted by Gasteiger charge is -2.20. The van der Waals surface area contributed by atoms with Crippen LogP contribution in [0.5, 0.6) is 0 Å². The number of rotatable bonds is 6. The summed E-state index contributed by atoms with van der Waals surface area (Å²) in [5, 5.41) is 0. The molecule has 1 aromatic heterocycles. The molecule has 32 heavy (non-hydrogen) atoms. The summed E-state index contributed by atoms with van der Waals surface area (Å²) < 4.78 is 4.44. The Bertz CT molecular complexity index is 1170. The molecule has 0 spiro atoms. The number of aromatic nitrogens is 2. The third-order valence-corrected chi connectivity index (χ3v) is 6.84. The summed E-state index contributed by atoms with van der Waals surface area (Å²) in [6, 6.07) is 24.5. The summed E-state index contributed by atoms with van der Waals surface area (Å²) in [6.45, 7) is 10.0. The number of aryl methyl sites for hydroxylation is 1. The van der Waals surface area contributed by atoms with Crippen LogP contribution in [0.15, 0.2) is 79.1 Å². The number of hydrogen-bond donors (Lipinski definition) is 0. The quantitative estimate of drug-likeness (QED) is 0.234. The molecule has 4 aromatic rings. The van der Waals surface area contributed by atoms with Crippen molar-refractivity contribution in [3.05, 3.63) is 108 Å². The zero-order chi connectivity index (χ0) is 22.2. The molecule has 3 aromatic carbocycles. The summed E-state index contributed by atoms with van der Waals surface area (Å²) in [5.41, 5.74) is 9.77. The van der Waals surface area contributed by atoms with Gasteiger partial charge in [0, 0.05) is 18.3 Å². The third kappa shape index (κ3) is 3.58. The normalized spacial score (nSPS) is 13.1. The highest BCUT2D eigenvalue weighted by atomic mass is 15.1. The van der Waals surface area contributed by atoms with Crippen molar-refractivity contribution in [1.29, 1.82) is 0 Å². The molecule has 162 valence electrons. The van der Waals surface area contributed by atoms with E-state index in [4.69, 9.17) is 0 Å². The highest BCUT2D eigenvalue weighted by molar-refractivity contribution is 5.78. The summed E-state index contributed by atoms with van der Waals surface area (Å²) in [5.74, 6) is 1.39. The average molecular weight is 421 g/mol. The second kappa shape index (κ2) is 8.43. The minimum absolute atomic E-state index is 0.445. The van der Waals surface area contributed by atoms with Crippen molar-refractivity contribution < 1.29 is 4.57 Å². The lowest BCUT2D eigenvalue weighted by atomic mass is 9.92. The fourth-order valence-corrected chi connectivity index (χ4v) is 5.23. The van der Waals surface area contributed by atoms with E-state index in [2.05, 4.69) is 122 Å². The summed E-state index contributed by atoms with van der Waals surface area (Å²) in [7, 11) is 0. The molecule has 0 saturated heterocycles. The Balaban J connectivity index is 1.44. The average Bonchev–Trinajstić information content (AvgIpc) is 3.40. The molecule has 2 heteroatoms. The van der Waals surface area contributed by atoms with Crippen molar-refractivity contribution in [2.24, 2.45) is 0 Å². The molecule has 0 unspecified atom stereocenters. The van der Waals surface area contributed by atoms with Crippen LogP contribution in [0.3, 0.4) is 0 Å². The van der Waals surface area contributed by atoms with Gasteiger partial charge < -0.3 is 9.13 Å². The summed E-state index contributed by atoms with van der Waals surface area (Å²) in [4.78, 5) is 0. The lowest BCUT2D eigenvalue weighted by molar-refractivity contribution is -0.700. The van der Waals surface area contributed by atoms with Crippen molar-refractivity contribution in [2.75, 3.05) is 0 Å². The Kier molecular flexibility index (Phi) is 5.46. The largest absolute Gasteiger partial charge is 0.326 e. The van der Waals surface area contributed by atoms with E-state index in [9.17, 15) is 0 Å². The number of hydrogen-bond acceptors (Lipinski definition) is 0. The highest BCUT2D eigenvalue weighted by Crippen LogP contribution is 2.46. The third-order valence-electron chi connectivity index (χ3n) is 6.84. The van der Waals surface area contributed by atoms with E-state index in [-0.39, 0.29) is 0 Å². The second-order valence-electron chi connectivity index (χ2n) is 9.57. The first-order valence-corrected chi connectivity index (χ1v) is 11.9. The van der Waals surface area contributed by atoms with E-state index in [1.165, 1.54) is 39.1 Å². The van der Waals surface area contributed by atoms with Crippen LogP contribution in [0.25, 0.3) is 16.8 Å². The molecule has 2 nitrogen and oxygen atoms in total. The standard InChI is InChI=1S/C30H32N2/c1-21(2)23-14-9-15-24(22(3)4)30(23)32-19-18-31(20-32)17-16-29-27-12-7-5-10-25(27)26-11-6-8-13-28(26)29/h5-15,18-19,21-22,29H,16-17H2,1-4H3. The summed E-state index contributed by atoms with van der Waals surface area (Å²) in [6.07, 6.45) is 9.04. The van der Waals surface area contributed by atoms with Gasteiger partial charge in [-0.1, -0.05) is 94.4 Å². The van der Waals surface area contributed by atoms with Crippen molar-refractivity contribution in [1.82, 2.24) is 4.57 Å². The summed E-state index contributed by atoms with van der Waals surface area (Å²) >= 11 is 0. The van der Waals surface area contributed by atoms with Crippen LogP contribution >= 0.6 is 0 Å². The lowest BCUT2D eigenvalue weighted by Crippen LogP contribution is -2.32. The van der Waals surface area contributed by atoms with Gasteiger partial charge in [0.2, 0.25) is 6.33 Å². The van der Waals surface area contributed by atoms with E-state index in [1.54, 1.807) is 0 Å². The Labute approximate surface area is 192 Å². The van der Waals surface area contributed by atoms with E-state index < -0.39 is 0 Å². The topological polar surface area (TPSA) is 8.81 Å². The van der Waals surface area contributed by atoms with Crippen LogP contribution in [-0.2, 0) is 6.54 Å². The predicted octanol–water partition coefficient (Wildman–Crippen LogP) is 7.01. The van der Waals surface area contributed by atoms with Gasteiger partial charge in [0.1, 0.15) is 0 Å². The van der Waals surface area contributed by atoms with Crippen LogP contribution in [0.2, 0.25) is 0 Å². The van der Waals surface area contributed by atoms with Crippen LogP contribution < -0.4 is 4.57 Å². The number of para-hydroxylation sites is 1. The molecule has 0 N–H and O–H groups in total. The van der Waals surface area contributed by atoms with Crippen molar-refractivity contribution in [3.8, 4) is 16.8 Å². The second-order valence-corrected chi connectivity index (χ2v) is 9.57. The van der Waals surface area contributed by atoms with Gasteiger partial charge in [0.05, 0.1) is 12.2 Å². The Morgan fingerprint density at radius 1 is 0.781 bits per heavy atom. The number of nitrogens with zero attached hydrogens (tertiary/aromatic N) is 2. The smallest absolute Gasteiger partial charge is 0.243 e. The molecule has 0 amide bonds. The maximum Gasteiger partial charge on any atom is 0.243 e. The van der Waals surface area contributed by atoms with E-state index >= 15 is 0 Å². The molecule has 0 bridgehead atoms. The fraction of sp³-hybridized carbons (Fsp3) is 0.300. The minimum Gasteiger partial charge on any atom is -0.326 e. The molecule has 0 radical (unpaired) electrons. The molecule has 0 saturated carbocycles. The SMILES string of the molecule is CC(C)c1cccc(C(C)C)c1-n1[c-][n+](CCC2c3ccccc3-c3ccccc32)cc1. The molecule has 1 aliphatic rings. The monoisotopic (exact) mass is 420 g/mol. The van der Waals surface area contributed by atoms with Crippen LogP contribution in [0.1, 0.15) is 74.1 Å². The first-order chi connectivity index (χ1) is 15.5. The Morgan fingerprint density at radius 2 is 1.34 bits per heavy atom. The van der Waals surface area contributed by atoms with Crippen LogP contribution in [-0.4, -0.2) is 4.57 Å². The highest BCUT2D eigenvalue weighted by Gasteiger charge is 2.28. The maximum atomic E-state index is 3.63. The van der Waals surface area contributed by atoms with Gasteiger partial charge in [0.15, 0.2) is 0 Å². The van der Waals surface area contributed by atoms with Gasteiger partial charge in [0.25, 0.3) is 0 Å². The van der Waals surface area contributed by atoms with Gasteiger partial charge in [-0.3, -0.25) is 0 Å². The molecular weight excluding hydrogens is 388 g/mol. The molecular formula is C30H32N2. The van der Waals surface area contributed by atoms with E-state index in [0.29, 0.717) is 17.8 Å². The Hall–Kier alpha value is -3.13. The van der Waals surface area contributed by atoms with Gasteiger partial charge >= 0.3 is 0 Å². The first kappa shape index (κ1) is 20.8. The molecule has 1 aliphatic carbocycles. The number of benzene rings is 3. The molecule has 1 heterocycles. The Morgan fingerprint density at radius 3 is 1.91 bits per heavy atom. The van der Waals surface area contributed by atoms with Crippen LogP contribution in [0, 0.1) is 6.33 Å². The molecule has 0 aliphatic heterocycles. The van der Waals surface area contributed by atoms with Gasteiger partial charge in [-0.2, -0.15) is 0 Å². The number of imidazole rings is 1. The van der Waals surface area contributed by atoms with E-state index in [1.807, 2.05) is 0 Å². The van der Waals surface area contributed by atoms with Gasteiger partial charge in [-0.05, 0) is 51.6 Å². The van der Waals surface area contributed by atoms with Crippen molar-refractivity contribution in [2.45, 2.75) is 58.4 Å². The van der Waals surface area contributed by atoms with E-state index in [0.717, 1.165) is 13.0 Å².